The first-order chi connectivity index (χ1) is 17.1. The fraction of sp³-hybridized carbons (Fsp3) is 0.292. The quantitative estimate of drug-likeness (QED) is 0.424. The number of sulfonamides is 1. The molecular formula is C24H22ClF2N5O3S. The summed E-state index contributed by atoms with van der Waals surface area (Å²) in [7, 11) is -4.25. The second-order valence-corrected chi connectivity index (χ2v) is 10.4. The van der Waals surface area contributed by atoms with Gasteiger partial charge < -0.3 is 10.4 Å². The molecular weight excluding hydrogens is 512 g/mol. The highest BCUT2D eigenvalue weighted by atomic mass is 35.5. The highest BCUT2D eigenvalue weighted by Gasteiger charge is 2.22. The van der Waals surface area contributed by atoms with E-state index in [0.717, 1.165) is 25.0 Å². The van der Waals surface area contributed by atoms with Crippen LogP contribution in [-0.4, -0.2) is 40.6 Å². The molecule has 12 heteroatoms. The van der Waals surface area contributed by atoms with Crippen LogP contribution in [0, 0.1) is 30.4 Å². The molecule has 0 amide bonds. The van der Waals surface area contributed by atoms with Gasteiger partial charge >= 0.3 is 0 Å². The number of anilines is 2. The number of hydrogen-bond donors (Lipinski definition) is 3. The van der Waals surface area contributed by atoms with Crippen molar-refractivity contribution in [2.24, 2.45) is 0 Å². The van der Waals surface area contributed by atoms with Crippen LogP contribution in [0.5, 0.6) is 0 Å². The van der Waals surface area contributed by atoms with E-state index in [4.69, 9.17) is 11.6 Å². The van der Waals surface area contributed by atoms with Crippen LogP contribution >= 0.6 is 11.6 Å². The maximum absolute atomic E-state index is 15.0. The first kappa shape index (κ1) is 25.8. The van der Waals surface area contributed by atoms with Gasteiger partial charge in [-0.2, -0.15) is 0 Å². The number of nitrogens with zero attached hydrogens (tertiary/aromatic N) is 3. The van der Waals surface area contributed by atoms with E-state index in [0.29, 0.717) is 24.4 Å². The molecule has 4 rings (SSSR count). The average Bonchev–Trinajstić information content (AvgIpc) is 2.84. The first-order valence-corrected chi connectivity index (χ1v) is 12.9. The van der Waals surface area contributed by atoms with Crippen LogP contribution in [0.1, 0.15) is 42.5 Å². The second kappa shape index (κ2) is 10.7. The van der Waals surface area contributed by atoms with E-state index in [1.807, 2.05) is 0 Å². The van der Waals surface area contributed by atoms with Crippen molar-refractivity contribution in [1.29, 1.82) is 0 Å². The van der Waals surface area contributed by atoms with Gasteiger partial charge in [0, 0.05) is 24.6 Å². The Morgan fingerprint density at radius 1 is 1.06 bits per heavy atom. The largest absolute Gasteiger partial charge is 0.393 e. The van der Waals surface area contributed by atoms with Crippen molar-refractivity contribution in [1.82, 2.24) is 15.0 Å². The minimum absolute atomic E-state index is 0.0908. The summed E-state index contributed by atoms with van der Waals surface area (Å²) in [6.07, 6.45) is 6.88. The van der Waals surface area contributed by atoms with Gasteiger partial charge in [-0.1, -0.05) is 23.4 Å². The van der Waals surface area contributed by atoms with Gasteiger partial charge in [0.25, 0.3) is 10.0 Å². The molecule has 8 nitrogen and oxygen atoms in total. The molecule has 1 fully saturated rings. The lowest BCUT2D eigenvalue weighted by atomic mass is 9.93. The molecule has 36 heavy (non-hydrogen) atoms. The Kier molecular flexibility index (Phi) is 7.68. The smallest absolute Gasteiger partial charge is 0.263 e. The van der Waals surface area contributed by atoms with Gasteiger partial charge in [0.2, 0.25) is 5.95 Å². The summed E-state index contributed by atoms with van der Waals surface area (Å²) >= 11 is 5.85. The van der Waals surface area contributed by atoms with E-state index in [9.17, 15) is 17.9 Å². The molecule has 0 saturated heterocycles. The predicted molar refractivity (Wildman–Crippen MR) is 131 cm³/mol. The number of hydrogen-bond acceptors (Lipinski definition) is 7. The van der Waals surface area contributed by atoms with Crippen LogP contribution in [0.25, 0.3) is 0 Å². The second-order valence-electron chi connectivity index (χ2n) is 8.32. The van der Waals surface area contributed by atoms with E-state index < -0.39 is 32.9 Å². The zero-order valence-electron chi connectivity index (χ0n) is 19.1. The average molecular weight is 534 g/mol. The monoisotopic (exact) mass is 533 g/mol. The zero-order valence-corrected chi connectivity index (χ0v) is 20.7. The Bertz CT molecular complexity index is 1430. The van der Waals surface area contributed by atoms with Crippen molar-refractivity contribution in [2.45, 2.75) is 49.6 Å². The number of aryl methyl sites for hydroxylation is 1. The van der Waals surface area contributed by atoms with Crippen LogP contribution in [0.3, 0.4) is 0 Å². The molecule has 0 radical (unpaired) electrons. The molecule has 3 aromatic rings. The number of nitrogens with one attached hydrogen (secondary N) is 2. The summed E-state index contributed by atoms with van der Waals surface area (Å²) in [5.74, 6) is 3.26. The summed E-state index contributed by atoms with van der Waals surface area (Å²) < 4.78 is 57.0. The number of pyridine rings is 1. The summed E-state index contributed by atoms with van der Waals surface area (Å²) in [4.78, 5) is 12.0. The molecule has 0 spiro atoms. The Balaban J connectivity index is 1.52. The minimum Gasteiger partial charge on any atom is -0.393 e. The summed E-state index contributed by atoms with van der Waals surface area (Å²) in [6.45, 7) is 1.46. The van der Waals surface area contributed by atoms with Gasteiger partial charge in [0.1, 0.15) is 10.7 Å². The number of aliphatic hydroxyl groups excluding tert-OH is 1. The van der Waals surface area contributed by atoms with Crippen LogP contribution in [0.15, 0.2) is 41.7 Å². The maximum atomic E-state index is 15.0. The Labute approximate surface area is 212 Å². The van der Waals surface area contributed by atoms with E-state index in [1.54, 1.807) is 0 Å². The lowest BCUT2D eigenvalue weighted by Crippen LogP contribution is -2.28. The Morgan fingerprint density at radius 3 is 2.44 bits per heavy atom. The van der Waals surface area contributed by atoms with Crippen LogP contribution in [-0.2, 0) is 10.0 Å². The molecule has 2 aromatic heterocycles. The van der Waals surface area contributed by atoms with Crippen molar-refractivity contribution in [3.05, 3.63) is 70.3 Å². The molecule has 0 bridgehead atoms. The molecule has 0 aliphatic heterocycles. The molecule has 0 unspecified atom stereocenters. The highest BCUT2D eigenvalue weighted by Crippen LogP contribution is 2.26. The number of rotatable bonds is 5. The van der Waals surface area contributed by atoms with Gasteiger partial charge in [-0.15, -0.1) is 0 Å². The van der Waals surface area contributed by atoms with Gasteiger partial charge in [-0.25, -0.2) is 27.2 Å². The molecule has 0 atom stereocenters. The molecule has 1 aromatic carbocycles. The Hall–Kier alpha value is -3.33. The molecule has 3 N–H and O–H groups in total. The zero-order chi connectivity index (χ0) is 25.9. The van der Waals surface area contributed by atoms with Crippen molar-refractivity contribution in [2.75, 3.05) is 10.0 Å². The van der Waals surface area contributed by atoms with Gasteiger partial charge in [-0.05, 0) is 50.8 Å². The third-order valence-corrected chi connectivity index (χ3v) is 7.33. The summed E-state index contributed by atoms with van der Waals surface area (Å²) in [5.41, 5.74) is -0.619. The van der Waals surface area contributed by atoms with Crippen molar-refractivity contribution in [3.8, 4) is 11.8 Å². The SMILES string of the molecule is Cc1ncc(Cl)cc1S(=O)(=O)Nc1ccc(F)c(C#Cc2cnc(N[C@H]3CC[C@H](O)CC3)nc2)c1F. The van der Waals surface area contributed by atoms with Crippen LogP contribution in [0.2, 0.25) is 5.02 Å². The van der Waals surface area contributed by atoms with Gasteiger partial charge in [0.05, 0.1) is 33.6 Å². The third kappa shape index (κ3) is 6.07. The van der Waals surface area contributed by atoms with Crippen LogP contribution < -0.4 is 10.0 Å². The molecule has 1 aliphatic carbocycles. The number of aliphatic hydroxyl groups is 1. The fourth-order valence-corrected chi connectivity index (χ4v) is 5.21. The first-order valence-electron chi connectivity index (χ1n) is 11.0. The van der Waals surface area contributed by atoms with Crippen molar-refractivity contribution in [3.63, 3.8) is 0 Å². The maximum Gasteiger partial charge on any atom is 0.263 e. The normalized spacial score (nSPS) is 17.7. The fourth-order valence-electron chi connectivity index (χ4n) is 3.71. The predicted octanol–water partition coefficient (Wildman–Crippen LogP) is 4.03. The molecule has 2 heterocycles. The number of aromatic nitrogens is 3. The van der Waals surface area contributed by atoms with Gasteiger partial charge in [0.15, 0.2) is 5.82 Å². The summed E-state index contributed by atoms with van der Waals surface area (Å²) in [6, 6.07) is 3.23. The van der Waals surface area contributed by atoms with Crippen molar-refractivity contribution < 1.29 is 22.3 Å². The molecule has 1 saturated carbocycles. The highest BCUT2D eigenvalue weighted by molar-refractivity contribution is 7.92. The van der Waals surface area contributed by atoms with Crippen LogP contribution in [0.4, 0.5) is 20.4 Å². The van der Waals surface area contributed by atoms with E-state index in [2.05, 4.69) is 36.8 Å². The van der Waals surface area contributed by atoms with E-state index >= 15 is 4.39 Å². The molecule has 1 aliphatic rings. The number of benzene rings is 1. The minimum atomic E-state index is -4.25. The van der Waals surface area contributed by atoms with Gasteiger partial charge in [-0.3, -0.25) is 9.71 Å². The van der Waals surface area contributed by atoms with E-state index in [-0.39, 0.29) is 27.8 Å². The number of halogens is 3. The van der Waals surface area contributed by atoms with E-state index in [1.165, 1.54) is 31.6 Å². The molecule has 188 valence electrons. The summed E-state index contributed by atoms with van der Waals surface area (Å²) in [5, 5.41) is 12.9. The topological polar surface area (TPSA) is 117 Å². The lowest BCUT2D eigenvalue weighted by molar-refractivity contribution is 0.126. The third-order valence-electron chi connectivity index (χ3n) is 5.65. The van der Waals surface area contributed by atoms with Crippen molar-refractivity contribution >= 4 is 33.3 Å². The lowest BCUT2D eigenvalue weighted by Gasteiger charge is -2.25. The standard InChI is InChI=1S/C24H22ClF2N5O3S/c1-14-22(10-16(25)13-28-14)36(34,35)32-21-9-8-20(26)19(23(21)27)7-2-15-11-29-24(30-12-15)31-17-3-5-18(33)6-4-17/h8-13,17-18,32-33H,3-6H2,1H3,(H,29,30,31)/t17-,18-. The Morgan fingerprint density at radius 2 is 1.75 bits per heavy atom.